The van der Waals surface area contributed by atoms with Crippen molar-refractivity contribution >= 4 is 23.2 Å². The Labute approximate surface area is 133 Å². The number of benzene rings is 1. The minimum Gasteiger partial charge on any atom is -0.376 e. The summed E-state index contributed by atoms with van der Waals surface area (Å²) in [4.78, 5) is 4.31. The average molecular weight is 330 g/mol. The Bertz CT molecular complexity index is 626. The van der Waals surface area contributed by atoms with Gasteiger partial charge in [-0.15, -0.1) is 0 Å². The number of aromatic nitrogens is 2. The summed E-state index contributed by atoms with van der Waals surface area (Å²) in [5, 5.41) is 4.93. The Hall–Kier alpha value is -1.14. The van der Waals surface area contributed by atoms with Crippen molar-refractivity contribution in [1.82, 2.24) is 10.1 Å². The summed E-state index contributed by atoms with van der Waals surface area (Å²) in [6.45, 7) is 5.93. The monoisotopic (exact) mass is 329 g/mol. The van der Waals surface area contributed by atoms with Crippen molar-refractivity contribution in [2.75, 3.05) is 6.61 Å². The third-order valence-corrected chi connectivity index (χ3v) is 3.38. The number of ether oxygens (including phenoxy) is 1. The van der Waals surface area contributed by atoms with Crippen LogP contribution in [0, 0.1) is 0 Å². The molecule has 0 saturated heterocycles. The molecule has 0 bridgehead atoms. The van der Waals surface area contributed by atoms with Crippen LogP contribution >= 0.6 is 23.2 Å². The third-order valence-electron chi connectivity index (χ3n) is 2.81. The summed E-state index contributed by atoms with van der Waals surface area (Å²) in [7, 11) is 0. The molecule has 1 aromatic carbocycles. The van der Waals surface area contributed by atoms with Crippen LogP contribution in [0.5, 0.6) is 0 Å². The van der Waals surface area contributed by atoms with E-state index in [1.807, 2.05) is 13.8 Å². The van der Waals surface area contributed by atoms with E-state index < -0.39 is 5.54 Å². The predicted octanol–water partition coefficient (Wildman–Crippen LogP) is 3.64. The lowest BCUT2D eigenvalue weighted by molar-refractivity contribution is 0.0410. The lowest BCUT2D eigenvalue weighted by atomic mass is 10.1. The van der Waals surface area contributed by atoms with E-state index in [0.717, 1.165) is 0 Å². The molecule has 0 aliphatic heterocycles. The van der Waals surface area contributed by atoms with Gasteiger partial charge in [-0.1, -0.05) is 28.4 Å². The summed E-state index contributed by atoms with van der Waals surface area (Å²) in [6, 6.07) is 5.03. The first-order valence-corrected chi connectivity index (χ1v) is 7.25. The fraction of sp³-hybridized carbons (Fsp3) is 0.429. The maximum atomic E-state index is 6.18. The van der Waals surface area contributed by atoms with Gasteiger partial charge in [0.05, 0.1) is 23.3 Å². The van der Waals surface area contributed by atoms with Crippen LogP contribution < -0.4 is 5.73 Å². The molecule has 0 saturated carbocycles. The molecule has 0 spiro atoms. The molecular formula is C14H17Cl2N3O2. The Morgan fingerprint density at radius 2 is 2.10 bits per heavy atom. The maximum absolute atomic E-state index is 6.18. The number of nitrogens with two attached hydrogens (primary N) is 1. The van der Waals surface area contributed by atoms with Gasteiger partial charge < -0.3 is 15.0 Å². The Balaban J connectivity index is 2.27. The van der Waals surface area contributed by atoms with E-state index in [0.29, 0.717) is 21.4 Å². The van der Waals surface area contributed by atoms with Gasteiger partial charge in [-0.05, 0) is 39.0 Å². The number of rotatable bonds is 5. The molecule has 0 aliphatic carbocycles. The fourth-order valence-corrected chi connectivity index (χ4v) is 2.00. The van der Waals surface area contributed by atoms with E-state index in [9.17, 15) is 0 Å². The first-order chi connectivity index (χ1) is 9.79. The van der Waals surface area contributed by atoms with Gasteiger partial charge in [-0.25, -0.2) is 0 Å². The van der Waals surface area contributed by atoms with Gasteiger partial charge >= 0.3 is 0 Å². The summed E-state index contributed by atoms with van der Waals surface area (Å²) < 4.78 is 10.8. The van der Waals surface area contributed by atoms with E-state index in [1.54, 1.807) is 25.1 Å². The lowest BCUT2D eigenvalue weighted by Gasteiger charge is -2.21. The summed E-state index contributed by atoms with van der Waals surface area (Å²) in [5.74, 6) is 0.632. The Morgan fingerprint density at radius 1 is 1.38 bits per heavy atom. The summed E-state index contributed by atoms with van der Waals surface area (Å²) in [6.07, 6.45) is 0.0709. The highest BCUT2D eigenvalue weighted by Crippen LogP contribution is 2.30. The largest absolute Gasteiger partial charge is 0.376 e. The van der Waals surface area contributed by atoms with Crippen molar-refractivity contribution in [2.45, 2.75) is 32.4 Å². The van der Waals surface area contributed by atoms with Crippen LogP contribution in [0.15, 0.2) is 22.7 Å². The molecule has 2 N–H and O–H groups in total. The molecule has 1 atom stereocenters. The minimum absolute atomic E-state index is 0.0709. The maximum Gasteiger partial charge on any atom is 0.259 e. The van der Waals surface area contributed by atoms with E-state index in [2.05, 4.69) is 10.1 Å². The van der Waals surface area contributed by atoms with E-state index in [1.165, 1.54) is 0 Å². The van der Waals surface area contributed by atoms with Crippen LogP contribution in [0.25, 0.3) is 11.5 Å². The second-order valence-electron chi connectivity index (χ2n) is 5.32. The van der Waals surface area contributed by atoms with Crippen molar-refractivity contribution in [1.29, 1.82) is 0 Å². The molecule has 0 radical (unpaired) electrons. The smallest absolute Gasteiger partial charge is 0.259 e. The summed E-state index contributed by atoms with van der Waals surface area (Å²) >= 11 is 12.1. The highest BCUT2D eigenvalue weighted by atomic mass is 35.5. The van der Waals surface area contributed by atoms with E-state index in [4.69, 9.17) is 38.2 Å². The zero-order chi connectivity index (χ0) is 15.6. The highest BCUT2D eigenvalue weighted by molar-refractivity contribution is 6.35. The van der Waals surface area contributed by atoms with Crippen LogP contribution in [-0.4, -0.2) is 22.9 Å². The fourth-order valence-electron chi connectivity index (χ4n) is 1.63. The van der Waals surface area contributed by atoms with Gasteiger partial charge in [0, 0.05) is 5.02 Å². The molecule has 2 rings (SSSR count). The van der Waals surface area contributed by atoms with Crippen LogP contribution in [0.3, 0.4) is 0 Å². The quantitative estimate of drug-likeness (QED) is 0.906. The number of halogens is 2. The molecule has 21 heavy (non-hydrogen) atoms. The van der Waals surface area contributed by atoms with Gasteiger partial charge in [0.2, 0.25) is 0 Å². The molecule has 2 aromatic rings. The van der Waals surface area contributed by atoms with E-state index >= 15 is 0 Å². The highest BCUT2D eigenvalue weighted by Gasteiger charge is 2.29. The topological polar surface area (TPSA) is 74.2 Å². The van der Waals surface area contributed by atoms with E-state index in [-0.39, 0.29) is 18.6 Å². The molecule has 5 nitrogen and oxygen atoms in total. The van der Waals surface area contributed by atoms with Gasteiger partial charge in [-0.2, -0.15) is 4.98 Å². The first kappa shape index (κ1) is 16.2. The van der Waals surface area contributed by atoms with Crippen LogP contribution in [0.2, 0.25) is 10.0 Å². The van der Waals surface area contributed by atoms with Gasteiger partial charge in [0.1, 0.15) is 5.54 Å². The molecule has 0 fully saturated rings. The molecule has 1 unspecified atom stereocenters. The number of hydrogen-bond donors (Lipinski definition) is 1. The number of nitrogens with zero attached hydrogens (tertiary/aromatic N) is 2. The lowest BCUT2D eigenvalue weighted by Crippen LogP contribution is -2.40. The average Bonchev–Trinajstić information content (AvgIpc) is 2.90. The predicted molar refractivity (Wildman–Crippen MR) is 82.4 cm³/mol. The van der Waals surface area contributed by atoms with Crippen molar-refractivity contribution in [3.63, 3.8) is 0 Å². The van der Waals surface area contributed by atoms with Crippen molar-refractivity contribution in [3.05, 3.63) is 34.1 Å². The molecule has 1 heterocycles. The summed E-state index contributed by atoms with van der Waals surface area (Å²) in [5.41, 5.74) is 5.90. The molecule has 114 valence electrons. The molecule has 0 amide bonds. The third kappa shape index (κ3) is 3.95. The van der Waals surface area contributed by atoms with Gasteiger partial charge in [0.25, 0.3) is 5.89 Å². The zero-order valence-corrected chi connectivity index (χ0v) is 13.6. The molecule has 0 aliphatic rings. The molecule has 1 aromatic heterocycles. The van der Waals surface area contributed by atoms with Gasteiger partial charge in [-0.3, -0.25) is 0 Å². The van der Waals surface area contributed by atoms with Crippen LogP contribution in [-0.2, 0) is 10.3 Å². The number of hydrogen-bond acceptors (Lipinski definition) is 5. The first-order valence-electron chi connectivity index (χ1n) is 6.49. The second-order valence-corrected chi connectivity index (χ2v) is 6.17. The minimum atomic E-state index is -0.850. The van der Waals surface area contributed by atoms with Gasteiger partial charge in [0.15, 0.2) is 5.82 Å². The Kier molecular flexibility index (Phi) is 4.88. The zero-order valence-electron chi connectivity index (χ0n) is 12.1. The van der Waals surface area contributed by atoms with Crippen LogP contribution in [0.1, 0.15) is 26.6 Å². The molecule has 7 heteroatoms. The van der Waals surface area contributed by atoms with Crippen molar-refractivity contribution in [2.24, 2.45) is 5.73 Å². The SMILES string of the molecule is CC(C)OCC(C)(N)c1noc(-c2cc(Cl)ccc2Cl)n1. The molecular weight excluding hydrogens is 313 g/mol. The van der Waals surface area contributed by atoms with Crippen LogP contribution in [0.4, 0.5) is 0 Å². The van der Waals surface area contributed by atoms with Crippen molar-refractivity contribution in [3.8, 4) is 11.5 Å². The second kappa shape index (κ2) is 6.32. The van der Waals surface area contributed by atoms with Crippen molar-refractivity contribution < 1.29 is 9.26 Å². The normalized spacial score (nSPS) is 14.4. The standard InChI is InChI=1S/C14H17Cl2N3O2/c1-8(2)20-7-14(3,17)13-18-12(21-19-13)10-6-9(15)4-5-11(10)16/h4-6,8H,7,17H2,1-3H3. The Morgan fingerprint density at radius 3 is 2.76 bits per heavy atom.